The molecule has 2 unspecified atom stereocenters. The molecule has 0 radical (unpaired) electrons. The molecule has 0 aliphatic carbocycles. The number of rotatable bonds is 3. The lowest BCUT2D eigenvalue weighted by Gasteiger charge is -2.26. The number of aromatic amines is 1. The molecule has 0 saturated carbocycles. The van der Waals surface area contributed by atoms with E-state index in [4.69, 9.17) is 11.6 Å². The summed E-state index contributed by atoms with van der Waals surface area (Å²) in [7, 11) is 0. The molecule has 7 heteroatoms. The average Bonchev–Trinajstić information content (AvgIpc) is 3.35. The van der Waals surface area contributed by atoms with Gasteiger partial charge >= 0.3 is 0 Å². The summed E-state index contributed by atoms with van der Waals surface area (Å²) in [6, 6.07) is 9.10. The maximum Gasteiger partial charge on any atom is 0.228 e. The molecule has 0 spiro atoms. The van der Waals surface area contributed by atoms with Crippen LogP contribution in [0.15, 0.2) is 36.5 Å². The summed E-state index contributed by atoms with van der Waals surface area (Å²) in [4.78, 5) is 29.0. The first kappa shape index (κ1) is 16.1. The minimum atomic E-state index is -0.299. The van der Waals surface area contributed by atoms with Gasteiger partial charge in [-0.05, 0) is 43.2 Å². The van der Waals surface area contributed by atoms with E-state index in [9.17, 15) is 9.59 Å². The maximum atomic E-state index is 13.0. The molecule has 1 N–H and O–H groups in total. The molecular formula is C18H19ClN4O2. The number of hydrogen-bond acceptors (Lipinski definition) is 3. The summed E-state index contributed by atoms with van der Waals surface area (Å²) >= 11 is 5.91. The second-order valence-corrected chi connectivity index (χ2v) is 7.02. The van der Waals surface area contributed by atoms with Crippen LogP contribution < -0.4 is 4.90 Å². The highest BCUT2D eigenvalue weighted by atomic mass is 35.5. The van der Waals surface area contributed by atoms with E-state index in [1.54, 1.807) is 23.2 Å². The Kier molecular flexibility index (Phi) is 4.21. The third kappa shape index (κ3) is 3.02. The molecule has 0 bridgehead atoms. The van der Waals surface area contributed by atoms with E-state index in [1.165, 1.54) is 0 Å². The van der Waals surface area contributed by atoms with Crippen LogP contribution in [0.5, 0.6) is 0 Å². The van der Waals surface area contributed by atoms with Crippen molar-refractivity contribution in [2.24, 2.45) is 5.92 Å². The Morgan fingerprint density at radius 3 is 2.76 bits per heavy atom. The first-order valence-electron chi connectivity index (χ1n) is 8.49. The lowest BCUT2D eigenvalue weighted by Crippen LogP contribution is -2.37. The second-order valence-electron chi connectivity index (χ2n) is 6.58. The fourth-order valence-electron chi connectivity index (χ4n) is 3.78. The number of halogens is 1. The van der Waals surface area contributed by atoms with Crippen molar-refractivity contribution in [1.29, 1.82) is 0 Å². The van der Waals surface area contributed by atoms with Crippen LogP contribution in [0.3, 0.4) is 0 Å². The van der Waals surface area contributed by atoms with Crippen molar-refractivity contribution in [2.75, 3.05) is 18.0 Å². The molecule has 2 aromatic rings. The zero-order valence-electron chi connectivity index (χ0n) is 13.7. The van der Waals surface area contributed by atoms with Crippen molar-refractivity contribution in [3.8, 4) is 0 Å². The first-order valence-corrected chi connectivity index (χ1v) is 8.87. The van der Waals surface area contributed by atoms with Crippen molar-refractivity contribution >= 4 is 29.1 Å². The van der Waals surface area contributed by atoms with E-state index in [0.717, 1.165) is 30.8 Å². The van der Waals surface area contributed by atoms with Gasteiger partial charge in [-0.2, -0.15) is 5.10 Å². The van der Waals surface area contributed by atoms with Gasteiger partial charge in [-0.25, -0.2) is 0 Å². The molecule has 2 saturated heterocycles. The Hall–Kier alpha value is -2.34. The van der Waals surface area contributed by atoms with Gasteiger partial charge in [0, 0.05) is 36.4 Å². The Balaban J connectivity index is 1.49. The number of carbonyl (C=O) groups excluding carboxylic acids is 2. The predicted octanol–water partition coefficient (Wildman–Crippen LogP) is 2.78. The van der Waals surface area contributed by atoms with Crippen molar-refractivity contribution in [1.82, 2.24) is 15.1 Å². The topological polar surface area (TPSA) is 69.3 Å². The SMILES string of the molecule is O=C1CC(C(=O)N2CCCC2c2ccn[nH]2)CN1c1ccc(Cl)cc1. The summed E-state index contributed by atoms with van der Waals surface area (Å²) in [6.07, 6.45) is 3.86. The fraction of sp³-hybridized carbons (Fsp3) is 0.389. The maximum absolute atomic E-state index is 13.0. The summed E-state index contributed by atoms with van der Waals surface area (Å²) in [5, 5.41) is 7.59. The molecule has 4 rings (SSSR count). The quantitative estimate of drug-likeness (QED) is 0.917. The molecule has 130 valence electrons. The number of aromatic nitrogens is 2. The van der Waals surface area contributed by atoms with Gasteiger partial charge in [0.25, 0.3) is 0 Å². The highest BCUT2D eigenvalue weighted by molar-refractivity contribution is 6.30. The standard InChI is InChI=1S/C18H19ClN4O2/c19-13-3-5-14(6-4-13)23-11-12(10-17(23)24)18(25)22-9-1-2-16(22)15-7-8-20-21-15/h3-8,12,16H,1-2,9-11H2,(H,20,21). The molecule has 2 amide bonds. The lowest BCUT2D eigenvalue weighted by atomic mass is 10.1. The fourth-order valence-corrected chi connectivity index (χ4v) is 3.91. The molecule has 1 aromatic heterocycles. The molecule has 1 aromatic carbocycles. The number of amides is 2. The van der Waals surface area contributed by atoms with Gasteiger partial charge in [0.2, 0.25) is 11.8 Å². The number of carbonyl (C=O) groups is 2. The van der Waals surface area contributed by atoms with Crippen LogP contribution in [-0.4, -0.2) is 40.0 Å². The Labute approximate surface area is 150 Å². The molecule has 2 atom stereocenters. The van der Waals surface area contributed by atoms with E-state index in [0.29, 0.717) is 11.6 Å². The van der Waals surface area contributed by atoms with Gasteiger partial charge in [-0.3, -0.25) is 14.7 Å². The number of nitrogens with zero attached hydrogens (tertiary/aromatic N) is 3. The number of likely N-dealkylation sites (tertiary alicyclic amines) is 1. The number of anilines is 1. The van der Waals surface area contributed by atoms with E-state index in [-0.39, 0.29) is 30.2 Å². The predicted molar refractivity (Wildman–Crippen MR) is 94.2 cm³/mol. The molecule has 3 heterocycles. The molecular weight excluding hydrogens is 340 g/mol. The monoisotopic (exact) mass is 358 g/mol. The highest BCUT2D eigenvalue weighted by Gasteiger charge is 2.40. The van der Waals surface area contributed by atoms with Crippen LogP contribution in [0.2, 0.25) is 5.02 Å². The summed E-state index contributed by atoms with van der Waals surface area (Å²) in [5.74, 6) is -0.258. The van der Waals surface area contributed by atoms with Crippen molar-refractivity contribution < 1.29 is 9.59 Å². The van der Waals surface area contributed by atoms with Crippen LogP contribution in [0.25, 0.3) is 0 Å². The Bertz CT molecular complexity index is 775. The Morgan fingerprint density at radius 1 is 1.24 bits per heavy atom. The van der Waals surface area contributed by atoms with Crippen LogP contribution in [-0.2, 0) is 9.59 Å². The minimum Gasteiger partial charge on any atom is -0.334 e. The minimum absolute atomic E-state index is 0.0158. The van der Waals surface area contributed by atoms with Gasteiger partial charge in [0.1, 0.15) is 0 Å². The van der Waals surface area contributed by atoms with Gasteiger partial charge < -0.3 is 9.80 Å². The van der Waals surface area contributed by atoms with E-state index < -0.39 is 0 Å². The number of hydrogen-bond donors (Lipinski definition) is 1. The van der Waals surface area contributed by atoms with Gasteiger partial charge in [-0.1, -0.05) is 11.6 Å². The molecule has 2 fully saturated rings. The Morgan fingerprint density at radius 2 is 2.04 bits per heavy atom. The number of benzene rings is 1. The average molecular weight is 359 g/mol. The summed E-state index contributed by atoms with van der Waals surface area (Å²) in [6.45, 7) is 1.15. The van der Waals surface area contributed by atoms with Gasteiger partial charge in [-0.15, -0.1) is 0 Å². The smallest absolute Gasteiger partial charge is 0.228 e. The molecule has 2 aliphatic heterocycles. The van der Waals surface area contributed by atoms with Crippen LogP contribution in [0.4, 0.5) is 5.69 Å². The van der Waals surface area contributed by atoms with Gasteiger partial charge in [0.05, 0.1) is 17.7 Å². The third-order valence-electron chi connectivity index (χ3n) is 5.03. The van der Waals surface area contributed by atoms with Crippen molar-refractivity contribution in [3.05, 3.63) is 47.2 Å². The highest BCUT2D eigenvalue weighted by Crippen LogP contribution is 2.34. The molecule has 25 heavy (non-hydrogen) atoms. The summed E-state index contributed by atoms with van der Waals surface area (Å²) in [5.41, 5.74) is 1.75. The molecule has 2 aliphatic rings. The zero-order chi connectivity index (χ0) is 17.4. The van der Waals surface area contributed by atoms with Crippen molar-refractivity contribution in [2.45, 2.75) is 25.3 Å². The number of nitrogens with one attached hydrogen (secondary N) is 1. The van der Waals surface area contributed by atoms with E-state index in [2.05, 4.69) is 10.2 Å². The largest absolute Gasteiger partial charge is 0.334 e. The second kappa shape index (κ2) is 6.52. The van der Waals surface area contributed by atoms with E-state index >= 15 is 0 Å². The number of H-pyrrole nitrogens is 1. The molecule has 6 nitrogen and oxygen atoms in total. The third-order valence-corrected chi connectivity index (χ3v) is 5.28. The zero-order valence-corrected chi connectivity index (χ0v) is 14.4. The van der Waals surface area contributed by atoms with Crippen molar-refractivity contribution in [3.63, 3.8) is 0 Å². The lowest BCUT2D eigenvalue weighted by molar-refractivity contribution is -0.136. The first-order chi connectivity index (χ1) is 12.1. The van der Waals surface area contributed by atoms with E-state index in [1.807, 2.05) is 23.1 Å². The van der Waals surface area contributed by atoms with Crippen LogP contribution in [0.1, 0.15) is 31.0 Å². The van der Waals surface area contributed by atoms with Crippen LogP contribution >= 0.6 is 11.6 Å². The van der Waals surface area contributed by atoms with Crippen LogP contribution in [0, 0.1) is 5.92 Å². The summed E-state index contributed by atoms with van der Waals surface area (Å²) < 4.78 is 0. The van der Waals surface area contributed by atoms with Gasteiger partial charge in [0.15, 0.2) is 0 Å². The normalized spacial score (nSPS) is 23.5.